The second kappa shape index (κ2) is 8.11. The van der Waals surface area contributed by atoms with Crippen molar-refractivity contribution in [2.45, 2.75) is 31.1 Å². The number of hydrogen-bond acceptors (Lipinski definition) is 6. The van der Waals surface area contributed by atoms with E-state index in [1.807, 2.05) is 0 Å². The summed E-state index contributed by atoms with van der Waals surface area (Å²) in [4.78, 5) is 19.2. The van der Waals surface area contributed by atoms with Crippen LogP contribution in [0.3, 0.4) is 0 Å². The summed E-state index contributed by atoms with van der Waals surface area (Å²) in [5, 5.41) is 6.87. The zero-order chi connectivity index (χ0) is 21.1. The molecule has 2 heterocycles. The van der Waals surface area contributed by atoms with Crippen molar-refractivity contribution in [1.82, 2.24) is 9.82 Å². The van der Waals surface area contributed by atoms with Gasteiger partial charge < -0.3 is 9.73 Å². The van der Waals surface area contributed by atoms with Gasteiger partial charge in [0.2, 0.25) is 0 Å². The van der Waals surface area contributed by atoms with Crippen molar-refractivity contribution in [2.75, 3.05) is 5.32 Å². The maximum atomic E-state index is 12.7. The molecule has 2 aromatic heterocycles. The maximum Gasteiger partial charge on any atom is 0.292 e. The predicted octanol–water partition coefficient (Wildman–Crippen LogP) is 3.25. The van der Waals surface area contributed by atoms with E-state index in [2.05, 4.69) is 20.2 Å². The third-order valence-electron chi connectivity index (χ3n) is 4.79. The number of nitrogens with zero attached hydrogens (tertiary/aromatic N) is 2. The van der Waals surface area contributed by atoms with E-state index in [1.165, 1.54) is 12.1 Å². The van der Waals surface area contributed by atoms with Gasteiger partial charge in [-0.2, -0.15) is 18.4 Å². The van der Waals surface area contributed by atoms with Crippen LogP contribution in [0.15, 0.2) is 69.1 Å². The number of hydrazone groups is 1. The van der Waals surface area contributed by atoms with Crippen molar-refractivity contribution < 1.29 is 17.6 Å². The molecule has 154 valence electrons. The van der Waals surface area contributed by atoms with Crippen molar-refractivity contribution in [3.63, 3.8) is 0 Å². The molecule has 0 fully saturated rings. The smallest absolute Gasteiger partial charge is 0.292 e. The van der Waals surface area contributed by atoms with E-state index in [0.29, 0.717) is 41.3 Å². The first-order valence-electron chi connectivity index (χ1n) is 9.44. The molecule has 0 atom stereocenters. The van der Waals surface area contributed by atoms with E-state index in [0.717, 1.165) is 6.42 Å². The first-order chi connectivity index (χ1) is 14.5. The number of aryl methyl sites for hydroxylation is 1. The number of sulfonamides is 1. The fraction of sp³-hybridized carbons (Fsp3) is 0.190. The van der Waals surface area contributed by atoms with E-state index in [9.17, 15) is 13.2 Å². The number of aromatic nitrogens is 1. The minimum Gasteiger partial charge on any atom is -0.455 e. The van der Waals surface area contributed by atoms with Crippen LogP contribution in [0, 0.1) is 6.92 Å². The van der Waals surface area contributed by atoms with Gasteiger partial charge in [-0.05, 0) is 44.0 Å². The monoisotopic (exact) mass is 424 g/mol. The van der Waals surface area contributed by atoms with Gasteiger partial charge in [0.25, 0.3) is 15.9 Å². The second-order valence-corrected chi connectivity index (χ2v) is 8.50. The molecule has 1 aromatic carbocycles. The minimum atomic E-state index is -3.78. The fourth-order valence-corrected chi connectivity index (χ4v) is 4.23. The Morgan fingerprint density at radius 1 is 1.10 bits per heavy atom. The Morgan fingerprint density at radius 3 is 2.60 bits per heavy atom. The summed E-state index contributed by atoms with van der Waals surface area (Å²) in [6.45, 7) is 1.77. The number of furan rings is 1. The maximum absolute atomic E-state index is 12.7. The van der Waals surface area contributed by atoms with Crippen molar-refractivity contribution in [2.24, 2.45) is 5.10 Å². The highest BCUT2D eigenvalue weighted by Gasteiger charge is 2.28. The molecule has 9 heteroatoms. The van der Waals surface area contributed by atoms with Crippen molar-refractivity contribution in [3.8, 4) is 0 Å². The standard InChI is InChI=1S/C21H20N4O4S/c1-14-19-16(24-25-30(27,28)15-8-3-2-4-9-15)10-7-11-17(19)29-20(14)21(26)23-18-12-5-6-13-22-18/h2-6,8-9,12-13,25H,7,10-11H2,1H3,(H,22,23,26)/b24-16+. The Morgan fingerprint density at radius 2 is 1.87 bits per heavy atom. The van der Waals surface area contributed by atoms with Gasteiger partial charge in [0, 0.05) is 23.7 Å². The number of nitrogens with one attached hydrogen (secondary N) is 2. The van der Waals surface area contributed by atoms with Gasteiger partial charge in [-0.3, -0.25) is 4.79 Å². The van der Waals surface area contributed by atoms with Gasteiger partial charge in [0.1, 0.15) is 11.6 Å². The van der Waals surface area contributed by atoms with Crippen LogP contribution in [-0.2, 0) is 16.4 Å². The Bertz CT molecular complexity index is 1200. The summed E-state index contributed by atoms with van der Waals surface area (Å²) in [6, 6.07) is 13.2. The van der Waals surface area contributed by atoms with Gasteiger partial charge in [-0.15, -0.1) is 0 Å². The summed E-state index contributed by atoms with van der Waals surface area (Å²) in [7, 11) is -3.78. The van der Waals surface area contributed by atoms with Crippen molar-refractivity contribution >= 4 is 27.5 Å². The number of amides is 1. The SMILES string of the molecule is Cc1c(C(=O)Nc2ccccn2)oc2c1/C(=N/NS(=O)(=O)c1ccccc1)CCC2. The minimum absolute atomic E-state index is 0.129. The molecular weight excluding hydrogens is 404 g/mol. The highest BCUT2D eigenvalue weighted by molar-refractivity contribution is 7.89. The Balaban J connectivity index is 1.61. The van der Waals surface area contributed by atoms with Crippen molar-refractivity contribution in [3.05, 3.63) is 77.4 Å². The number of carbonyl (C=O) groups is 1. The molecule has 8 nitrogen and oxygen atoms in total. The second-order valence-electron chi connectivity index (χ2n) is 6.84. The third-order valence-corrected chi connectivity index (χ3v) is 6.02. The zero-order valence-electron chi connectivity index (χ0n) is 16.3. The first kappa shape index (κ1) is 19.8. The molecule has 0 saturated heterocycles. The van der Waals surface area contributed by atoms with E-state index >= 15 is 0 Å². The Labute approximate surface area is 174 Å². The quantitative estimate of drug-likeness (QED) is 0.610. The summed E-state index contributed by atoms with van der Waals surface area (Å²) in [6.07, 6.45) is 3.55. The number of fused-ring (bicyclic) bond motifs is 1. The molecule has 1 aliphatic rings. The lowest BCUT2D eigenvalue weighted by molar-refractivity contribution is 0.0993. The normalized spacial score (nSPS) is 14.9. The van der Waals surface area contributed by atoms with Crippen LogP contribution in [0.2, 0.25) is 0 Å². The van der Waals surface area contributed by atoms with Gasteiger partial charge >= 0.3 is 0 Å². The molecule has 4 rings (SSSR count). The lowest BCUT2D eigenvalue weighted by atomic mass is 9.93. The molecule has 0 unspecified atom stereocenters. The number of hydrogen-bond donors (Lipinski definition) is 2. The van der Waals surface area contributed by atoms with E-state index in [1.54, 1.807) is 49.5 Å². The van der Waals surface area contributed by atoms with E-state index in [-0.39, 0.29) is 10.7 Å². The lowest BCUT2D eigenvalue weighted by Gasteiger charge is -2.14. The molecule has 1 amide bonds. The summed E-state index contributed by atoms with van der Waals surface area (Å²) >= 11 is 0. The van der Waals surface area contributed by atoms with Crippen molar-refractivity contribution in [1.29, 1.82) is 0 Å². The average molecular weight is 424 g/mol. The number of rotatable bonds is 5. The number of carbonyl (C=O) groups excluding carboxylic acids is 1. The molecule has 0 radical (unpaired) electrons. The van der Waals surface area contributed by atoms with Gasteiger partial charge in [-0.25, -0.2) is 4.98 Å². The Kier molecular flexibility index (Phi) is 5.37. The Hall–Kier alpha value is -3.46. The topological polar surface area (TPSA) is 114 Å². The third kappa shape index (κ3) is 3.97. The highest BCUT2D eigenvalue weighted by atomic mass is 32.2. The van der Waals surface area contributed by atoms with Crippen LogP contribution in [0.5, 0.6) is 0 Å². The molecule has 3 aromatic rings. The largest absolute Gasteiger partial charge is 0.455 e. The average Bonchev–Trinajstić information content (AvgIpc) is 3.11. The molecule has 0 aliphatic heterocycles. The first-order valence-corrected chi connectivity index (χ1v) is 10.9. The van der Waals surface area contributed by atoms with E-state index in [4.69, 9.17) is 4.42 Å². The highest BCUT2D eigenvalue weighted by Crippen LogP contribution is 2.30. The summed E-state index contributed by atoms with van der Waals surface area (Å²) in [5.41, 5.74) is 1.85. The number of benzene rings is 1. The molecule has 0 bridgehead atoms. The molecule has 30 heavy (non-hydrogen) atoms. The lowest BCUT2D eigenvalue weighted by Crippen LogP contribution is -2.22. The van der Waals surface area contributed by atoms with Crippen LogP contribution in [-0.4, -0.2) is 25.0 Å². The molecule has 0 spiro atoms. The van der Waals surface area contributed by atoms with Crippen LogP contribution in [0.1, 0.15) is 40.3 Å². The molecular formula is C21H20N4O4S. The fourth-order valence-electron chi connectivity index (χ4n) is 3.37. The van der Waals surface area contributed by atoms with Gasteiger partial charge in [0.15, 0.2) is 5.76 Å². The summed E-state index contributed by atoms with van der Waals surface area (Å²) in [5.74, 6) is 0.805. The van der Waals surface area contributed by atoms with Crippen LogP contribution >= 0.6 is 0 Å². The van der Waals surface area contributed by atoms with Crippen LogP contribution in [0.25, 0.3) is 0 Å². The van der Waals surface area contributed by atoms with Crippen LogP contribution in [0.4, 0.5) is 5.82 Å². The van der Waals surface area contributed by atoms with Gasteiger partial charge in [-0.1, -0.05) is 24.3 Å². The summed E-state index contributed by atoms with van der Waals surface area (Å²) < 4.78 is 30.8. The number of anilines is 1. The predicted molar refractivity (Wildman–Crippen MR) is 112 cm³/mol. The molecule has 0 saturated carbocycles. The number of pyridine rings is 1. The zero-order valence-corrected chi connectivity index (χ0v) is 17.1. The van der Waals surface area contributed by atoms with Crippen LogP contribution < -0.4 is 10.1 Å². The molecule has 2 N–H and O–H groups in total. The molecule has 1 aliphatic carbocycles. The van der Waals surface area contributed by atoms with Gasteiger partial charge in [0.05, 0.1) is 10.6 Å². The van der Waals surface area contributed by atoms with E-state index < -0.39 is 15.9 Å².